The predicted molar refractivity (Wildman–Crippen MR) is 155 cm³/mol. The number of nitrogens with two attached hydrogens (primary N) is 1. The van der Waals surface area contributed by atoms with E-state index in [9.17, 15) is 4.79 Å². The van der Waals surface area contributed by atoms with Crippen molar-refractivity contribution in [1.29, 1.82) is 0 Å². The topological polar surface area (TPSA) is 65.8 Å². The SMILES string of the molecule is CCC(N(C)C)N(CCCN(CCCN(C(CC)N(C)C)C(CC)N(C)C)C(N)=O)C(CC)N(C)C. The van der Waals surface area contributed by atoms with E-state index < -0.39 is 0 Å². The van der Waals surface area contributed by atoms with Gasteiger partial charge in [-0.1, -0.05) is 27.7 Å². The van der Waals surface area contributed by atoms with Crippen LogP contribution in [0.2, 0.25) is 0 Å². The first-order valence-electron chi connectivity index (χ1n) is 14.1. The van der Waals surface area contributed by atoms with Gasteiger partial charge < -0.3 is 10.6 Å². The highest BCUT2D eigenvalue weighted by Gasteiger charge is 2.28. The summed E-state index contributed by atoms with van der Waals surface area (Å²) in [5.74, 6) is 0. The Balaban J connectivity index is 5.32. The fourth-order valence-corrected chi connectivity index (χ4v) is 5.80. The van der Waals surface area contributed by atoms with E-state index in [1.807, 2.05) is 4.90 Å². The molecule has 36 heavy (non-hydrogen) atoms. The first-order chi connectivity index (χ1) is 16.9. The minimum Gasteiger partial charge on any atom is -0.351 e. The number of urea groups is 1. The van der Waals surface area contributed by atoms with Gasteiger partial charge in [0.2, 0.25) is 0 Å². The number of carbonyl (C=O) groups is 1. The molecule has 2 N–H and O–H groups in total. The second kappa shape index (κ2) is 18.3. The standard InChI is InChI=1S/C27H62N8O/c1-13-23(29(5)6)34(24(14-2)30(7)8)21-17-19-33(27(28)36)20-18-22-35(25(15-3)31(9)10)26(16-4)32(11)12/h23-26H,13-22H2,1-12H3,(H2,28,36). The molecule has 0 radical (unpaired) electrons. The lowest BCUT2D eigenvalue weighted by Crippen LogP contribution is -2.55. The summed E-state index contributed by atoms with van der Waals surface area (Å²) < 4.78 is 0. The Bertz CT molecular complexity index is 498. The van der Waals surface area contributed by atoms with Crippen molar-refractivity contribution in [1.82, 2.24) is 34.3 Å². The fraction of sp³-hybridized carbons (Fsp3) is 0.963. The molecule has 0 bridgehead atoms. The lowest BCUT2D eigenvalue weighted by atomic mass is 10.2. The third-order valence-corrected chi connectivity index (χ3v) is 7.38. The molecular weight excluding hydrogens is 452 g/mol. The number of primary amides is 1. The quantitative estimate of drug-likeness (QED) is 0.251. The number of amides is 2. The van der Waals surface area contributed by atoms with Crippen LogP contribution in [0.25, 0.3) is 0 Å². The summed E-state index contributed by atoms with van der Waals surface area (Å²) in [6, 6.07) is -0.313. The Morgan fingerprint density at radius 2 is 0.778 bits per heavy atom. The molecule has 9 heteroatoms. The maximum atomic E-state index is 12.3. The zero-order valence-corrected chi connectivity index (χ0v) is 26.0. The fourth-order valence-electron chi connectivity index (χ4n) is 5.80. The highest BCUT2D eigenvalue weighted by Crippen LogP contribution is 2.18. The molecule has 4 atom stereocenters. The Morgan fingerprint density at radius 1 is 0.528 bits per heavy atom. The maximum Gasteiger partial charge on any atom is 0.314 e. The molecule has 0 heterocycles. The Morgan fingerprint density at radius 3 is 0.944 bits per heavy atom. The van der Waals surface area contributed by atoms with Crippen molar-refractivity contribution in [2.45, 2.75) is 90.9 Å². The van der Waals surface area contributed by atoms with Gasteiger partial charge in [-0.2, -0.15) is 0 Å². The van der Waals surface area contributed by atoms with E-state index in [4.69, 9.17) is 5.73 Å². The summed E-state index contributed by atoms with van der Waals surface area (Å²) in [5, 5.41) is 0. The molecule has 9 nitrogen and oxygen atoms in total. The van der Waals surface area contributed by atoms with Crippen LogP contribution < -0.4 is 5.73 Å². The largest absolute Gasteiger partial charge is 0.351 e. The van der Waals surface area contributed by atoms with E-state index >= 15 is 0 Å². The summed E-state index contributed by atoms with van der Waals surface area (Å²) in [5.41, 5.74) is 5.83. The Kier molecular flexibility index (Phi) is 17.8. The summed E-state index contributed by atoms with van der Waals surface area (Å²) in [6.45, 7) is 12.2. The predicted octanol–water partition coefficient (Wildman–Crippen LogP) is 2.94. The summed E-state index contributed by atoms with van der Waals surface area (Å²) >= 11 is 0. The number of hydrogen-bond donors (Lipinski definition) is 1. The lowest BCUT2D eigenvalue weighted by molar-refractivity contribution is -0.0230. The first-order valence-corrected chi connectivity index (χ1v) is 14.1. The van der Waals surface area contributed by atoms with Crippen molar-refractivity contribution in [3.63, 3.8) is 0 Å². The van der Waals surface area contributed by atoms with Gasteiger partial charge in [0.05, 0.1) is 24.7 Å². The van der Waals surface area contributed by atoms with Crippen LogP contribution in [0.15, 0.2) is 0 Å². The van der Waals surface area contributed by atoms with Crippen molar-refractivity contribution in [2.75, 3.05) is 82.6 Å². The van der Waals surface area contributed by atoms with Crippen LogP contribution in [0.4, 0.5) is 4.79 Å². The van der Waals surface area contributed by atoms with Crippen molar-refractivity contribution >= 4 is 6.03 Å². The molecule has 0 aromatic heterocycles. The smallest absolute Gasteiger partial charge is 0.314 e. The Labute approximate surface area is 224 Å². The molecule has 0 aliphatic heterocycles. The minimum absolute atomic E-state index is 0.313. The van der Waals surface area contributed by atoms with Gasteiger partial charge in [-0.25, -0.2) is 4.79 Å². The zero-order valence-electron chi connectivity index (χ0n) is 26.0. The number of rotatable bonds is 20. The summed E-state index contributed by atoms with van der Waals surface area (Å²) in [6.07, 6.45) is 7.50. The average Bonchev–Trinajstić information content (AvgIpc) is 2.77. The summed E-state index contributed by atoms with van der Waals surface area (Å²) in [4.78, 5) is 28.5. The molecule has 0 spiro atoms. The van der Waals surface area contributed by atoms with Crippen molar-refractivity contribution in [3.05, 3.63) is 0 Å². The van der Waals surface area contributed by atoms with Gasteiger partial charge in [-0.15, -0.1) is 0 Å². The van der Waals surface area contributed by atoms with Gasteiger partial charge >= 0.3 is 6.03 Å². The molecular formula is C27H62N8O. The highest BCUT2D eigenvalue weighted by molar-refractivity contribution is 5.71. The van der Waals surface area contributed by atoms with Crippen LogP contribution in [0.3, 0.4) is 0 Å². The van der Waals surface area contributed by atoms with E-state index in [1.165, 1.54) is 0 Å². The van der Waals surface area contributed by atoms with E-state index in [1.54, 1.807) is 0 Å². The number of nitrogens with zero attached hydrogens (tertiary/aromatic N) is 7. The van der Waals surface area contributed by atoms with Gasteiger partial charge in [-0.3, -0.25) is 29.4 Å². The van der Waals surface area contributed by atoms with Crippen LogP contribution in [0.1, 0.15) is 66.2 Å². The second-order valence-corrected chi connectivity index (χ2v) is 10.9. The first kappa shape index (κ1) is 35.0. The van der Waals surface area contributed by atoms with E-state index in [0.717, 1.165) is 51.6 Å². The van der Waals surface area contributed by atoms with Crippen molar-refractivity contribution in [2.24, 2.45) is 5.73 Å². The molecule has 216 valence electrons. The Hall–Kier alpha value is -0.970. The third kappa shape index (κ3) is 11.2. The van der Waals surface area contributed by atoms with Gasteiger partial charge in [0.1, 0.15) is 0 Å². The van der Waals surface area contributed by atoms with E-state index in [-0.39, 0.29) is 6.03 Å². The molecule has 0 rings (SSSR count). The molecule has 0 saturated carbocycles. The maximum absolute atomic E-state index is 12.3. The van der Waals surface area contributed by atoms with Gasteiger partial charge in [0, 0.05) is 26.2 Å². The number of carbonyl (C=O) groups excluding carboxylic acids is 1. The van der Waals surface area contributed by atoms with Crippen LogP contribution in [-0.2, 0) is 0 Å². The van der Waals surface area contributed by atoms with E-state index in [0.29, 0.717) is 37.8 Å². The molecule has 0 aliphatic carbocycles. The number of hydrogen-bond acceptors (Lipinski definition) is 7. The molecule has 2 amide bonds. The van der Waals surface area contributed by atoms with Crippen LogP contribution >= 0.6 is 0 Å². The molecule has 4 unspecified atom stereocenters. The average molecular weight is 515 g/mol. The van der Waals surface area contributed by atoms with Crippen LogP contribution in [0, 0.1) is 0 Å². The molecule has 0 aliphatic rings. The molecule has 0 aromatic rings. The molecule has 0 aromatic carbocycles. The van der Waals surface area contributed by atoms with Crippen LogP contribution in [0.5, 0.6) is 0 Å². The normalized spacial score (nSPS) is 15.9. The lowest BCUT2D eigenvalue weighted by Gasteiger charge is -2.44. The van der Waals surface area contributed by atoms with Gasteiger partial charge in [0.25, 0.3) is 0 Å². The third-order valence-electron chi connectivity index (χ3n) is 7.38. The van der Waals surface area contributed by atoms with Crippen molar-refractivity contribution < 1.29 is 4.79 Å². The molecule has 0 saturated heterocycles. The monoisotopic (exact) mass is 515 g/mol. The van der Waals surface area contributed by atoms with Gasteiger partial charge in [-0.05, 0) is 94.9 Å². The minimum atomic E-state index is -0.313. The van der Waals surface area contributed by atoms with Crippen LogP contribution in [-0.4, -0.2) is 148 Å². The molecule has 0 fully saturated rings. The zero-order chi connectivity index (χ0) is 28.0. The highest BCUT2D eigenvalue weighted by atomic mass is 16.2. The second-order valence-electron chi connectivity index (χ2n) is 10.9. The van der Waals surface area contributed by atoms with Crippen molar-refractivity contribution in [3.8, 4) is 0 Å². The van der Waals surface area contributed by atoms with E-state index in [2.05, 4.69) is 113 Å². The summed E-state index contributed by atoms with van der Waals surface area (Å²) in [7, 11) is 17.2. The van der Waals surface area contributed by atoms with Gasteiger partial charge in [0.15, 0.2) is 0 Å².